The van der Waals surface area contributed by atoms with Crippen molar-refractivity contribution in [3.05, 3.63) is 77.6 Å². The molecule has 33 heavy (non-hydrogen) atoms. The molecule has 9 nitrogen and oxygen atoms in total. The lowest BCUT2D eigenvalue weighted by Crippen LogP contribution is -2.48. The van der Waals surface area contributed by atoms with Gasteiger partial charge in [0.2, 0.25) is 5.91 Å². The molecule has 1 aliphatic carbocycles. The monoisotopic (exact) mass is 448 g/mol. The topological polar surface area (TPSA) is 123 Å². The maximum atomic E-state index is 12.5. The summed E-state index contributed by atoms with van der Waals surface area (Å²) in [7, 11) is 1.73. The fourth-order valence-electron chi connectivity index (χ4n) is 4.04. The van der Waals surface area contributed by atoms with Gasteiger partial charge in [-0.3, -0.25) is 14.3 Å². The Morgan fingerprint density at radius 3 is 2.27 bits per heavy atom. The number of hydrogen-bond acceptors (Lipinski definition) is 5. The average Bonchev–Trinajstić information content (AvgIpc) is 3.36. The maximum absolute atomic E-state index is 12.5. The summed E-state index contributed by atoms with van der Waals surface area (Å²) in [4.78, 5) is 36.3. The first kappa shape index (κ1) is 22.1. The molecule has 3 N–H and O–H groups in total. The lowest BCUT2D eigenvalue weighted by Gasteiger charge is -2.18. The minimum atomic E-state index is -1.27. The van der Waals surface area contributed by atoms with Gasteiger partial charge in [-0.15, -0.1) is 0 Å². The van der Waals surface area contributed by atoms with Crippen molar-refractivity contribution in [2.24, 2.45) is 7.05 Å². The predicted molar refractivity (Wildman–Crippen MR) is 119 cm³/mol. The van der Waals surface area contributed by atoms with Crippen molar-refractivity contribution < 1.29 is 24.2 Å². The second-order valence-corrected chi connectivity index (χ2v) is 7.78. The van der Waals surface area contributed by atoms with Gasteiger partial charge in [0.15, 0.2) is 0 Å². The fourth-order valence-corrected chi connectivity index (χ4v) is 4.04. The molecule has 1 atom stereocenters. The van der Waals surface area contributed by atoms with Gasteiger partial charge >= 0.3 is 12.1 Å². The van der Waals surface area contributed by atoms with E-state index in [0.717, 1.165) is 27.9 Å². The number of benzene rings is 2. The summed E-state index contributed by atoms with van der Waals surface area (Å²) in [6.45, 7) is 0.216. The van der Waals surface area contributed by atoms with Crippen molar-refractivity contribution in [1.82, 2.24) is 20.4 Å². The fraction of sp³-hybridized carbons (Fsp3) is 0.250. The number of rotatable bonds is 8. The zero-order chi connectivity index (χ0) is 23.4. The van der Waals surface area contributed by atoms with Crippen LogP contribution in [0.4, 0.5) is 4.79 Å². The second-order valence-electron chi connectivity index (χ2n) is 7.78. The van der Waals surface area contributed by atoms with E-state index in [-0.39, 0.29) is 19.1 Å². The van der Waals surface area contributed by atoms with Gasteiger partial charge in [-0.2, -0.15) is 5.10 Å². The molecule has 1 aromatic heterocycles. The Labute approximate surface area is 190 Å². The van der Waals surface area contributed by atoms with Crippen LogP contribution in [0.15, 0.2) is 60.8 Å². The SMILES string of the molecule is Cn1nccc1CNC(=O)C(CC(=O)O)NC(=O)OCC1c2ccccc2-c2ccccc21. The molecule has 1 unspecified atom stereocenters. The highest BCUT2D eigenvalue weighted by Crippen LogP contribution is 2.44. The molecule has 0 bridgehead atoms. The number of carboxylic acid groups (broad SMARTS) is 1. The summed E-state index contributed by atoms with van der Waals surface area (Å²) < 4.78 is 7.02. The standard InChI is InChI=1S/C24H24N4O5/c1-28-15(10-11-26-28)13-25-23(31)21(12-22(29)30)27-24(32)33-14-20-18-8-4-2-6-16(18)17-7-3-5-9-19(17)20/h2-11,20-21H,12-14H2,1H3,(H,25,31)(H,27,32)(H,29,30). The number of nitrogens with zero attached hydrogens (tertiary/aromatic N) is 2. The van der Waals surface area contributed by atoms with Crippen molar-refractivity contribution in [2.75, 3.05) is 6.61 Å². The number of carboxylic acids is 1. The van der Waals surface area contributed by atoms with Crippen molar-refractivity contribution in [3.8, 4) is 11.1 Å². The number of aliphatic carboxylic acids is 1. The van der Waals surface area contributed by atoms with E-state index < -0.39 is 30.4 Å². The first-order valence-electron chi connectivity index (χ1n) is 10.5. The summed E-state index contributed by atoms with van der Waals surface area (Å²) in [5.74, 6) is -1.97. The molecule has 1 aliphatic rings. The molecule has 4 rings (SSSR count). The molecule has 170 valence electrons. The van der Waals surface area contributed by atoms with Crippen molar-refractivity contribution >= 4 is 18.0 Å². The smallest absolute Gasteiger partial charge is 0.407 e. The molecule has 9 heteroatoms. The highest BCUT2D eigenvalue weighted by molar-refractivity contribution is 5.89. The number of ether oxygens (including phenoxy) is 1. The number of fused-ring (bicyclic) bond motifs is 3. The van der Waals surface area contributed by atoms with Crippen LogP contribution in [-0.2, 0) is 27.9 Å². The number of amides is 2. The van der Waals surface area contributed by atoms with Gasteiger partial charge in [0.05, 0.1) is 18.7 Å². The third-order valence-corrected chi connectivity index (χ3v) is 5.70. The Bertz CT molecular complexity index is 1140. The van der Waals surface area contributed by atoms with E-state index in [9.17, 15) is 19.5 Å². The quantitative estimate of drug-likeness (QED) is 0.486. The van der Waals surface area contributed by atoms with Crippen LogP contribution >= 0.6 is 0 Å². The molecule has 0 radical (unpaired) electrons. The Morgan fingerprint density at radius 2 is 1.70 bits per heavy atom. The lowest BCUT2D eigenvalue weighted by atomic mass is 9.98. The molecule has 0 fully saturated rings. The van der Waals surface area contributed by atoms with Crippen LogP contribution in [0, 0.1) is 0 Å². The van der Waals surface area contributed by atoms with Crippen LogP contribution in [-0.4, -0.2) is 45.5 Å². The number of hydrogen-bond donors (Lipinski definition) is 3. The Morgan fingerprint density at radius 1 is 1.06 bits per heavy atom. The highest BCUT2D eigenvalue weighted by Gasteiger charge is 2.30. The summed E-state index contributed by atoms with van der Waals surface area (Å²) in [5.41, 5.74) is 5.05. The maximum Gasteiger partial charge on any atom is 0.407 e. The molecule has 3 aromatic rings. The first-order chi connectivity index (χ1) is 15.9. The van der Waals surface area contributed by atoms with E-state index in [1.807, 2.05) is 48.5 Å². The summed E-state index contributed by atoms with van der Waals surface area (Å²) in [6, 6.07) is 16.3. The van der Waals surface area contributed by atoms with Gasteiger partial charge in [-0.05, 0) is 28.3 Å². The third kappa shape index (κ3) is 4.87. The van der Waals surface area contributed by atoms with Crippen LogP contribution in [0.3, 0.4) is 0 Å². The molecule has 0 saturated heterocycles. The normalized spacial score (nSPS) is 13.0. The second kappa shape index (κ2) is 9.56. The average molecular weight is 448 g/mol. The molecule has 2 amide bonds. The summed E-state index contributed by atoms with van der Waals surface area (Å²) >= 11 is 0. The molecule has 0 saturated carbocycles. The molecular weight excluding hydrogens is 424 g/mol. The van der Waals surface area contributed by atoms with E-state index in [0.29, 0.717) is 0 Å². The Balaban J connectivity index is 1.39. The van der Waals surface area contributed by atoms with Gasteiger partial charge in [-0.25, -0.2) is 4.79 Å². The number of carbonyl (C=O) groups excluding carboxylic acids is 2. The van der Waals surface area contributed by atoms with E-state index in [2.05, 4.69) is 15.7 Å². The van der Waals surface area contributed by atoms with E-state index in [4.69, 9.17) is 4.74 Å². The van der Waals surface area contributed by atoms with Crippen LogP contribution in [0.1, 0.15) is 29.2 Å². The van der Waals surface area contributed by atoms with Crippen molar-refractivity contribution in [1.29, 1.82) is 0 Å². The van der Waals surface area contributed by atoms with Crippen LogP contribution < -0.4 is 10.6 Å². The third-order valence-electron chi connectivity index (χ3n) is 5.70. The minimum absolute atomic E-state index is 0.0658. The zero-order valence-electron chi connectivity index (χ0n) is 18.0. The van der Waals surface area contributed by atoms with Crippen LogP contribution in [0.25, 0.3) is 11.1 Å². The van der Waals surface area contributed by atoms with Crippen molar-refractivity contribution in [2.45, 2.75) is 24.9 Å². The van der Waals surface area contributed by atoms with Crippen LogP contribution in [0.5, 0.6) is 0 Å². The van der Waals surface area contributed by atoms with Gasteiger partial charge in [-0.1, -0.05) is 48.5 Å². The van der Waals surface area contributed by atoms with E-state index in [1.54, 1.807) is 24.0 Å². The van der Waals surface area contributed by atoms with Gasteiger partial charge < -0.3 is 20.5 Å². The van der Waals surface area contributed by atoms with Gasteiger partial charge in [0.1, 0.15) is 12.6 Å². The number of alkyl carbamates (subject to hydrolysis) is 1. The predicted octanol–water partition coefficient (Wildman–Crippen LogP) is 2.42. The van der Waals surface area contributed by atoms with E-state index >= 15 is 0 Å². The molecule has 0 spiro atoms. The first-order valence-corrected chi connectivity index (χ1v) is 10.5. The number of carbonyl (C=O) groups is 3. The largest absolute Gasteiger partial charge is 0.481 e. The molecule has 2 aromatic carbocycles. The number of aromatic nitrogens is 2. The Kier molecular flexibility index (Phi) is 6.39. The minimum Gasteiger partial charge on any atom is -0.481 e. The van der Waals surface area contributed by atoms with Crippen molar-refractivity contribution in [3.63, 3.8) is 0 Å². The van der Waals surface area contributed by atoms with Gasteiger partial charge in [0, 0.05) is 19.2 Å². The number of aryl methyl sites for hydroxylation is 1. The molecule has 1 heterocycles. The highest BCUT2D eigenvalue weighted by atomic mass is 16.5. The van der Waals surface area contributed by atoms with Gasteiger partial charge in [0.25, 0.3) is 0 Å². The van der Waals surface area contributed by atoms with E-state index in [1.165, 1.54) is 0 Å². The molecule has 0 aliphatic heterocycles. The Hall–Kier alpha value is -4.14. The lowest BCUT2D eigenvalue weighted by molar-refractivity contribution is -0.139. The summed E-state index contributed by atoms with van der Waals surface area (Å²) in [6.07, 6.45) is 0.172. The van der Waals surface area contributed by atoms with Crippen LogP contribution in [0.2, 0.25) is 0 Å². The zero-order valence-corrected chi connectivity index (χ0v) is 18.0. The summed E-state index contributed by atoms with van der Waals surface area (Å²) in [5, 5.41) is 18.2. The molecular formula is C24H24N4O5. The number of nitrogens with one attached hydrogen (secondary N) is 2.